The lowest BCUT2D eigenvalue weighted by molar-refractivity contribution is 0.368. The minimum atomic E-state index is -6.00. The van der Waals surface area contributed by atoms with Crippen LogP contribution < -0.4 is 0 Å². The van der Waals surface area contributed by atoms with Gasteiger partial charge in [0.05, 0.1) is 10.7 Å². The Kier molecular flexibility index (Phi) is 5.27. The lowest BCUT2D eigenvalue weighted by Crippen LogP contribution is -2.07. The van der Waals surface area contributed by atoms with E-state index in [0.29, 0.717) is 0 Å². The molecule has 0 saturated heterocycles. The van der Waals surface area contributed by atoms with Crippen molar-refractivity contribution in [3.05, 3.63) is 35.3 Å². The van der Waals surface area contributed by atoms with Gasteiger partial charge < -0.3 is 17.3 Å². The molecule has 0 saturated carbocycles. The maximum atomic E-state index is 9.75. The molecule has 0 aromatic carbocycles. The molecule has 2 rings (SSSR count). The molecule has 0 amide bonds. The van der Waals surface area contributed by atoms with Gasteiger partial charge in [0.15, 0.2) is 17.1 Å². The molecular formula is C9H9BF4S2. The van der Waals surface area contributed by atoms with Crippen LogP contribution in [-0.4, -0.2) is 23.6 Å². The summed E-state index contributed by atoms with van der Waals surface area (Å²) in [4.78, 5) is 2.87. The first-order chi connectivity index (χ1) is 7.47. The number of fused-ring (bicyclic) bond motifs is 1. The van der Waals surface area contributed by atoms with Gasteiger partial charge in [0.1, 0.15) is 0 Å². The minimum absolute atomic E-state index is 1.25. The predicted octanol–water partition coefficient (Wildman–Crippen LogP) is 3.30. The first kappa shape index (κ1) is 13.5. The molecule has 2 aliphatic rings. The van der Waals surface area contributed by atoms with Crippen molar-refractivity contribution >= 4 is 35.2 Å². The Balaban J connectivity index is 0.000000221. The van der Waals surface area contributed by atoms with Gasteiger partial charge in [0.2, 0.25) is 4.86 Å². The Hall–Kier alpha value is -0.555. The average molecular weight is 268 g/mol. The molecule has 0 atom stereocenters. The first-order valence-electron chi connectivity index (χ1n) is 4.52. The molecule has 1 aliphatic heterocycles. The van der Waals surface area contributed by atoms with Crippen LogP contribution in [0, 0.1) is 0 Å². The molecule has 88 valence electrons. The van der Waals surface area contributed by atoms with Crippen LogP contribution >= 0.6 is 11.8 Å². The lowest BCUT2D eigenvalue weighted by Gasteiger charge is -2.00. The summed E-state index contributed by atoms with van der Waals surface area (Å²) in [5.41, 5.74) is 0. The van der Waals surface area contributed by atoms with Crippen molar-refractivity contribution < 1.29 is 17.3 Å². The number of hydrogen-bond acceptors (Lipinski definition) is 1. The monoisotopic (exact) mass is 268 g/mol. The number of hydrogen-bond donors (Lipinski definition) is 0. The van der Waals surface area contributed by atoms with E-state index < -0.39 is 7.25 Å². The van der Waals surface area contributed by atoms with E-state index in [-0.39, 0.29) is 0 Å². The van der Waals surface area contributed by atoms with E-state index in [1.165, 1.54) is 21.3 Å². The SMILES string of the molecule is C1=CC=C2SCC[S+]=C2C=C1.F[B-](F)(F)F. The van der Waals surface area contributed by atoms with Gasteiger partial charge in [0, 0.05) is 6.08 Å². The zero-order chi connectivity index (χ0) is 12.0. The Morgan fingerprint density at radius 2 is 1.81 bits per heavy atom. The molecule has 0 aromatic heterocycles. The standard InChI is InChI=1S/C9H9S2.BF4/c1-2-4-8-9(5-3-1)11-7-6-10-8;2-1(3,4)5/h1-5H,6-7H2;/q+1;-1. The number of allylic oxidation sites excluding steroid dienone is 6. The smallest absolute Gasteiger partial charge is 0.418 e. The topological polar surface area (TPSA) is 0 Å². The van der Waals surface area contributed by atoms with Crippen LogP contribution in [0.2, 0.25) is 0 Å². The van der Waals surface area contributed by atoms with Gasteiger partial charge in [-0.05, 0) is 6.08 Å². The molecule has 0 unspecified atom stereocenters. The second-order valence-corrected chi connectivity index (χ2v) is 5.10. The quantitative estimate of drug-likeness (QED) is 0.281. The van der Waals surface area contributed by atoms with Gasteiger partial charge in [-0.1, -0.05) is 18.2 Å². The normalized spacial score (nSPS) is 18.8. The van der Waals surface area contributed by atoms with E-state index in [4.69, 9.17) is 0 Å². The molecule has 0 N–H and O–H groups in total. The van der Waals surface area contributed by atoms with Gasteiger partial charge in [-0.25, -0.2) is 0 Å². The fraction of sp³-hybridized carbons (Fsp3) is 0.222. The molecule has 1 heterocycles. The summed E-state index contributed by atoms with van der Waals surface area (Å²) in [5, 5.41) is 0. The number of rotatable bonds is 0. The molecule has 0 aromatic rings. The van der Waals surface area contributed by atoms with E-state index in [9.17, 15) is 17.3 Å². The highest BCUT2D eigenvalue weighted by Crippen LogP contribution is 2.22. The Morgan fingerprint density at radius 1 is 1.12 bits per heavy atom. The van der Waals surface area contributed by atoms with Crippen LogP contribution in [0.15, 0.2) is 35.3 Å². The summed E-state index contributed by atoms with van der Waals surface area (Å²) < 4.78 is 39.0. The van der Waals surface area contributed by atoms with E-state index in [1.807, 2.05) is 23.1 Å². The summed E-state index contributed by atoms with van der Waals surface area (Å²) in [7, 11) is -6.00. The Bertz CT molecular complexity index is 349. The van der Waals surface area contributed by atoms with E-state index in [0.717, 1.165) is 0 Å². The third kappa shape index (κ3) is 6.12. The molecule has 0 spiro atoms. The van der Waals surface area contributed by atoms with Crippen molar-refractivity contribution in [2.45, 2.75) is 0 Å². The molecule has 0 nitrogen and oxygen atoms in total. The molecule has 7 heteroatoms. The number of halogens is 4. The van der Waals surface area contributed by atoms with Crippen LogP contribution in [0.3, 0.4) is 0 Å². The van der Waals surface area contributed by atoms with Crippen molar-refractivity contribution in [1.82, 2.24) is 0 Å². The fourth-order valence-corrected chi connectivity index (χ4v) is 3.29. The summed E-state index contributed by atoms with van der Waals surface area (Å²) in [6.45, 7) is 0. The van der Waals surface area contributed by atoms with Crippen molar-refractivity contribution in [2.24, 2.45) is 0 Å². The van der Waals surface area contributed by atoms with Gasteiger partial charge in [-0.3, -0.25) is 0 Å². The highest BCUT2D eigenvalue weighted by molar-refractivity contribution is 8.06. The Labute approximate surface area is 99.6 Å². The van der Waals surface area contributed by atoms with E-state index >= 15 is 0 Å². The van der Waals surface area contributed by atoms with Crippen molar-refractivity contribution in [3.63, 3.8) is 0 Å². The lowest BCUT2D eigenvalue weighted by atomic mass is 10.3. The van der Waals surface area contributed by atoms with Gasteiger partial charge in [-0.15, -0.1) is 11.8 Å². The maximum Gasteiger partial charge on any atom is 0.673 e. The zero-order valence-electron chi connectivity index (χ0n) is 8.21. The van der Waals surface area contributed by atoms with Crippen LogP contribution in [0.5, 0.6) is 0 Å². The van der Waals surface area contributed by atoms with Crippen LogP contribution in [0.4, 0.5) is 17.3 Å². The molecule has 1 aliphatic carbocycles. The van der Waals surface area contributed by atoms with Crippen molar-refractivity contribution in [2.75, 3.05) is 11.5 Å². The second kappa shape index (κ2) is 6.25. The molecule has 0 fully saturated rings. The largest absolute Gasteiger partial charge is 0.673 e. The molecule has 16 heavy (non-hydrogen) atoms. The Morgan fingerprint density at radius 3 is 2.50 bits per heavy atom. The average Bonchev–Trinajstić information content (AvgIpc) is 2.39. The molecular weight excluding hydrogens is 259 g/mol. The summed E-state index contributed by atoms with van der Waals surface area (Å²) in [5.74, 6) is 2.50. The predicted molar refractivity (Wildman–Crippen MR) is 66.2 cm³/mol. The van der Waals surface area contributed by atoms with E-state index in [1.54, 1.807) is 0 Å². The zero-order valence-corrected chi connectivity index (χ0v) is 9.84. The third-order valence-electron chi connectivity index (χ3n) is 1.56. The van der Waals surface area contributed by atoms with Crippen LogP contribution in [0.25, 0.3) is 0 Å². The highest BCUT2D eigenvalue weighted by Gasteiger charge is 2.20. The van der Waals surface area contributed by atoms with Crippen LogP contribution in [-0.2, 0) is 11.4 Å². The van der Waals surface area contributed by atoms with Crippen LogP contribution in [0.1, 0.15) is 0 Å². The third-order valence-corrected chi connectivity index (χ3v) is 4.10. The maximum absolute atomic E-state index is 9.75. The fourth-order valence-electron chi connectivity index (χ4n) is 1.06. The second-order valence-electron chi connectivity index (χ2n) is 2.83. The molecule has 0 bridgehead atoms. The first-order valence-corrected chi connectivity index (χ1v) is 6.49. The van der Waals surface area contributed by atoms with Gasteiger partial charge in [0.25, 0.3) is 0 Å². The summed E-state index contributed by atoms with van der Waals surface area (Å²) >= 11 is 3.92. The van der Waals surface area contributed by atoms with Gasteiger partial charge in [-0.2, -0.15) is 0 Å². The minimum Gasteiger partial charge on any atom is -0.418 e. The van der Waals surface area contributed by atoms with Gasteiger partial charge >= 0.3 is 7.25 Å². The van der Waals surface area contributed by atoms with E-state index in [2.05, 4.69) is 30.4 Å². The summed E-state index contributed by atoms with van der Waals surface area (Å²) in [6.07, 6.45) is 10.7. The van der Waals surface area contributed by atoms with Crippen molar-refractivity contribution in [1.29, 1.82) is 0 Å². The van der Waals surface area contributed by atoms with Crippen molar-refractivity contribution in [3.8, 4) is 0 Å². The highest BCUT2D eigenvalue weighted by atomic mass is 32.2. The number of thioether (sulfide) groups is 1. The summed E-state index contributed by atoms with van der Waals surface area (Å²) in [6, 6.07) is 0. The molecule has 0 radical (unpaired) electrons.